The molecule has 0 radical (unpaired) electrons. The minimum Gasteiger partial charge on any atom is -0.395 e. The minimum absolute atomic E-state index is 0.102. The number of nitrogens with one attached hydrogen (secondary N) is 1. The fraction of sp³-hybridized carbons (Fsp3) is 0.444. The molecule has 128 valence electrons. The number of piperazine rings is 1. The molecule has 0 unspecified atom stereocenters. The van der Waals surface area contributed by atoms with E-state index in [0.717, 1.165) is 43.0 Å². The maximum atomic E-state index is 12.3. The Morgan fingerprint density at radius 1 is 1.33 bits per heavy atom. The molecule has 1 heterocycles. The van der Waals surface area contributed by atoms with Gasteiger partial charge in [0, 0.05) is 44.6 Å². The number of nitrogens with zero attached hydrogens (tertiary/aromatic N) is 3. The summed E-state index contributed by atoms with van der Waals surface area (Å²) >= 11 is 0. The molecule has 0 atom stereocenters. The summed E-state index contributed by atoms with van der Waals surface area (Å²) in [5, 5.41) is 21.1. The summed E-state index contributed by atoms with van der Waals surface area (Å²) in [6.45, 7) is 7.84. The van der Waals surface area contributed by atoms with Crippen LogP contribution in [0.2, 0.25) is 0 Å². The third-order valence-electron chi connectivity index (χ3n) is 4.13. The van der Waals surface area contributed by atoms with Gasteiger partial charge in [-0.3, -0.25) is 9.69 Å². The van der Waals surface area contributed by atoms with E-state index in [1.165, 1.54) is 0 Å². The quantitative estimate of drug-likeness (QED) is 0.628. The number of hydrogen-bond acceptors (Lipinski definition) is 5. The minimum atomic E-state index is -0.387. The number of aryl methyl sites for hydroxylation is 2. The second kappa shape index (κ2) is 8.48. The van der Waals surface area contributed by atoms with Gasteiger partial charge in [0.1, 0.15) is 11.6 Å². The largest absolute Gasteiger partial charge is 0.395 e. The van der Waals surface area contributed by atoms with Gasteiger partial charge in [-0.2, -0.15) is 5.26 Å². The van der Waals surface area contributed by atoms with E-state index >= 15 is 0 Å². The highest BCUT2D eigenvalue weighted by Gasteiger charge is 2.17. The van der Waals surface area contributed by atoms with Crippen molar-refractivity contribution in [3.05, 3.63) is 41.1 Å². The summed E-state index contributed by atoms with van der Waals surface area (Å²) in [7, 11) is 0. The first-order chi connectivity index (χ1) is 11.5. The Morgan fingerprint density at radius 2 is 2.04 bits per heavy atom. The summed E-state index contributed by atoms with van der Waals surface area (Å²) in [5.41, 5.74) is 2.92. The smallest absolute Gasteiger partial charge is 0.267 e. The van der Waals surface area contributed by atoms with E-state index in [1.54, 1.807) is 6.20 Å². The molecule has 1 fully saturated rings. The fourth-order valence-corrected chi connectivity index (χ4v) is 2.72. The van der Waals surface area contributed by atoms with Gasteiger partial charge in [0.05, 0.1) is 6.61 Å². The molecule has 1 aromatic rings. The van der Waals surface area contributed by atoms with E-state index < -0.39 is 0 Å². The lowest BCUT2D eigenvalue weighted by Crippen LogP contribution is -2.45. The summed E-state index contributed by atoms with van der Waals surface area (Å²) in [5.74, 6) is -0.387. The van der Waals surface area contributed by atoms with E-state index in [-0.39, 0.29) is 18.1 Å². The van der Waals surface area contributed by atoms with Crippen LogP contribution < -0.4 is 5.32 Å². The van der Waals surface area contributed by atoms with E-state index in [9.17, 15) is 10.1 Å². The van der Waals surface area contributed by atoms with Crippen molar-refractivity contribution in [3.8, 4) is 6.07 Å². The molecule has 0 spiro atoms. The number of benzene rings is 1. The van der Waals surface area contributed by atoms with Crippen LogP contribution in [0.25, 0.3) is 0 Å². The Bertz CT molecular complexity index is 655. The number of rotatable bonds is 5. The van der Waals surface area contributed by atoms with E-state index in [1.807, 2.05) is 43.0 Å². The van der Waals surface area contributed by atoms with Crippen molar-refractivity contribution in [2.24, 2.45) is 0 Å². The van der Waals surface area contributed by atoms with Crippen LogP contribution in [0, 0.1) is 25.2 Å². The maximum Gasteiger partial charge on any atom is 0.267 e. The Kier molecular flexibility index (Phi) is 6.36. The molecule has 1 amide bonds. The van der Waals surface area contributed by atoms with Crippen molar-refractivity contribution >= 4 is 11.6 Å². The van der Waals surface area contributed by atoms with Crippen LogP contribution in [0.5, 0.6) is 0 Å². The second-order valence-electron chi connectivity index (χ2n) is 6.03. The maximum absolute atomic E-state index is 12.3. The number of carbonyl (C=O) groups excluding carboxylic acids is 1. The van der Waals surface area contributed by atoms with Gasteiger partial charge in [-0.15, -0.1) is 0 Å². The molecular weight excluding hydrogens is 304 g/mol. The Hall–Kier alpha value is -2.36. The summed E-state index contributed by atoms with van der Waals surface area (Å²) < 4.78 is 0. The summed E-state index contributed by atoms with van der Waals surface area (Å²) in [6, 6.07) is 7.76. The zero-order valence-electron chi connectivity index (χ0n) is 14.2. The number of nitriles is 1. The molecule has 0 aliphatic carbocycles. The standard InChI is InChI=1S/C18H24N4O2/c1-14-3-4-17(15(2)11-14)20-18(24)16(12-19)13-22-7-5-21(6-8-22)9-10-23/h3-4,11,13,23H,5-10H2,1-2H3,(H,20,24)/b16-13-. The average Bonchev–Trinajstić information content (AvgIpc) is 2.57. The number of carbonyl (C=O) groups is 1. The van der Waals surface area contributed by atoms with Gasteiger partial charge in [-0.05, 0) is 25.5 Å². The molecule has 1 aliphatic heterocycles. The molecule has 24 heavy (non-hydrogen) atoms. The number of β-amino-alcohol motifs (C(OH)–C–C–N with tert-alkyl or cyclic N) is 1. The van der Waals surface area contributed by atoms with Gasteiger partial charge in [0.25, 0.3) is 5.91 Å². The molecule has 2 N–H and O–H groups in total. The van der Waals surface area contributed by atoms with E-state index in [4.69, 9.17) is 5.11 Å². The average molecular weight is 328 g/mol. The highest BCUT2D eigenvalue weighted by Crippen LogP contribution is 2.17. The molecule has 6 nitrogen and oxygen atoms in total. The van der Waals surface area contributed by atoms with Crippen molar-refractivity contribution in [3.63, 3.8) is 0 Å². The molecular formula is C18H24N4O2. The van der Waals surface area contributed by atoms with Crippen LogP contribution in [-0.2, 0) is 4.79 Å². The van der Waals surface area contributed by atoms with Gasteiger partial charge in [-0.25, -0.2) is 0 Å². The first-order valence-electron chi connectivity index (χ1n) is 8.11. The van der Waals surface area contributed by atoms with Crippen LogP contribution >= 0.6 is 0 Å². The Labute approximate surface area is 143 Å². The predicted molar refractivity (Wildman–Crippen MR) is 93.3 cm³/mol. The topological polar surface area (TPSA) is 79.6 Å². The monoisotopic (exact) mass is 328 g/mol. The number of aliphatic hydroxyl groups excluding tert-OH is 1. The van der Waals surface area contributed by atoms with E-state index in [0.29, 0.717) is 6.54 Å². The lowest BCUT2D eigenvalue weighted by Gasteiger charge is -2.33. The van der Waals surface area contributed by atoms with Crippen LogP contribution in [-0.4, -0.2) is 60.1 Å². The fourth-order valence-electron chi connectivity index (χ4n) is 2.72. The van der Waals surface area contributed by atoms with Crippen molar-refractivity contribution in [2.45, 2.75) is 13.8 Å². The van der Waals surface area contributed by atoms with Gasteiger partial charge in [0.2, 0.25) is 0 Å². The van der Waals surface area contributed by atoms with Crippen molar-refractivity contribution in [2.75, 3.05) is 44.6 Å². The Balaban J connectivity index is 2.00. The summed E-state index contributed by atoms with van der Waals surface area (Å²) in [4.78, 5) is 16.5. The predicted octanol–water partition coefficient (Wildman–Crippen LogP) is 1.26. The summed E-state index contributed by atoms with van der Waals surface area (Å²) in [6.07, 6.45) is 1.63. The molecule has 1 aromatic carbocycles. The zero-order chi connectivity index (χ0) is 17.5. The van der Waals surface area contributed by atoms with Gasteiger partial charge in [0.15, 0.2) is 0 Å². The number of hydrogen-bond donors (Lipinski definition) is 2. The third-order valence-corrected chi connectivity index (χ3v) is 4.13. The van der Waals surface area contributed by atoms with Crippen LogP contribution in [0.3, 0.4) is 0 Å². The lowest BCUT2D eigenvalue weighted by molar-refractivity contribution is -0.112. The molecule has 0 saturated carbocycles. The zero-order valence-corrected chi connectivity index (χ0v) is 14.2. The first kappa shape index (κ1) is 18.0. The molecule has 0 bridgehead atoms. The van der Waals surface area contributed by atoms with Gasteiger partial charge >= 0.3 is 0 Å². The third kappa shape index (κ3) is 4.82. The molecule has 1 saturated heterocycles. The van der Waals surface area contributed by atoms with Crippen LogP contribution in [0.1, 0.15) is 11.1 Å². The van der Waals surface area contributed by atoms with Crippen molar-refractivity contribution in [1.29, 1.82) is 5.26 Å². The highest BCUT2D eigenvalue weighted by molar-refractivity contribution is 6.06. The van der Waals surface area contributed by atoms with Crippen molar-refractivity contribution < 1.29 is 9.90 Å². The first-order valence-corrected chi connectivity index (χ1v) is 8.11. The van der Waals surface area contributed by atoms with Crippen LogP contribution in [0.4, 0.5) is 5.69 Å². The van der Waals surface area contributed by atoms with Gasteiger partial charge in [-0.1, -0.05) is 17.7 Å². The van der Waals surface area contributed by atoms with Gasteiger partial charge < -0.3 is 15.3 Å². The number of aliphatic hydroxyl groups is 1. The van der Waals surface area contributed by atoms with E-state index in [2.05, 4.69) is 10.2 Å². The normalized spacial score (nSPS) is 15.9. The number of anilines is 1. The molecule has 2 rings (SSSR count). The molecule has 6 heteroatoms. The van der Waals surface area contributed by atoms with Crippen LogP contribution in [0.15, 0.2) is 30.0 Å². The highest BCUT2D eigenvalue weighted by atomic mass is 16.3. The molecule has 1 aliphatic rings. The molecule has 0 aromatic heterocycles. The Morgan fingerprint density at radius 3 is 2.62 bits per heavy atom. The lowest BCUT2D eigenvalue weighted by atomic mass is 10.1. The SMILES string of the molecule is Cc1ccc(NC(=O)/C(C#N)=C\N2CCN(CCO)CC2)c(C)c1. The second-order valence-corrected chi connectivity index (χ2v) is 6.03. The number of amides is 1. The van der Waals surface area contributed by atoms with Crippen molar-refractivity contribution in [1.82, 2.24) is 9.80 Å².